The summed E-state index contributed by atoms with van der Waals surface area (Å²) in [6, 6.07) is 0. The number of aliphatic hydroxyl groups excluding tert-OH is 1. The summed E-state index contributed by atoms with van der Waals surface area (Å²) in [6.07, 6.45) is 68.1. The first kappa shape index (κ1) is 72.4. The van der Waals surface area contributed by atoms with Gasteiger partial charge >= 0.3 is 25.7 Å². The number of esters is 3. The molecule has 3 unspecified atom stereocenters. The average Bonchev–Trinajstić information content (AvgIpc) is 3.41. The van der Waals surface area contributed by atoms with Crippen molar-refractivity contribution in [3.05, 3.63) is 97.2 Å². The maximum Gasteiger partial charge on any atom is 0.472 e. The van der Waals surface area contributed by atoms with E-state index in [1.807, 2.05) is 12.2 Å². The quantitative estimate of drug-likeness (QED) is 0.0197. The summed E-state index contributed by atoms with van der Waals surface area (Å²) in [4.78, 5) is 48.6. The second-order valence-corrected chi connectivity index (χ2v) is 21.2. The molecule has 0 amide bonds. The molecule has 0 saturated heterocycles. The molecule has 0 spiro atoms. The Balaban J connectivity index is 4.75. The number of hydrogen-bond acceptors (Lipinski definition) is 10. The van der Waals surface area contributed by atoms with Crippen LogP contribution in [0.1, 0.15) is 252 Å². The van der Waals surface area contributed by atoms with Crippen LogP contribution < -0.4 is 0 Å². The van der Waals surface area contributed by atoms with Crippen molar-refractivity contribution < 1.29 is 52.2 Å². The Morgan fingerprint density at radius 3 is 1.11 bits per heavy atom. The van der Waals surface area contributed by atoms with Gasteiger partial charge in [-0.15, -0.1) is 0 Å². The van der Waals surface area contributed by atoms with Gasteiger partial charge in [0.05, 0.1) is 19.8 Å². The van der Waals surface area contributed by atoms with E-state index in [2.05, 4.69) is 106 Å². The van der Waals surface area contributed by atoms with Crippen molar-refractivity contribution in [2.24, 2.45) is 0 Å². The first-order valence-corrected chi connectivity index (χ1v) is 31.6. The number of allylic oxidation sites excluding steroid dienone is 16. The van der Waals surface area contributed by atoms with Crippen molar-refractivity contribution in [1.82, 2.24) is 0 Å². The highest BCUT2D eigenvalue weighted by atomic mass is 31.2. The fourth-order valence-corrected chi connectivity index (χ4v) is 8.79. The number of carbonyl (C=O) groups excluding carboxylic acids is 3. The molecular weight excluding hydrogens is 976 g/mol. The molecule has 0 bridgehead atoms. The predicted molar refractivity (Wildman–Crippen MR) is 316 cm³/mol. The van der Waals surface area contributed by atoms with Gasteiger partial charge in [-0.3, -0.25) is 23.4 Å². The third-order valence-corrected chi connectivity index (χ3v) is 13.5. The Kier molecular flexibility index (Phi) is 54.8. The van der Waals surface area contributed by atoms with Gasteiger partial charge in [-0.2, -0.15) is 0 Å². The number of hydrogen-bond donors (Lipinski definition) is 2. The summed E-state index contributed by atoms with van der Waals surface area (Å²) < 4.78 is 39.5. The number of aliphatic hydroxyl groups is 1. The molecule has 0 aromatic rings. The van der Waals surface area contributed by atoms with Crippen LogP contribution in [0, 0.1) is 0 Å². The highest BCUT2D eigenvalue weighted by Crippen LogP contribution is 2.43. The van der Waals surface area contributed by atoms with Crippen molar-refractivity contribution in [2.45, 2.75) is 264 Å². The summed E-state index contributed by atoms with van der Waals surface area (Å²) in [6.45, 7) is 4.33. The molecular formula is C64H109O11P. The van der Waals surface area contributed by atoms with Crippen LogP contribution in [0.3, 0.4) is 0 Å². The third kappa shape index (κ3) is 55.2. The highest BCUT2D eigenvalue weighted by Gasteiger charge is 2.28. The van der Waals surface area contributed by atoms with Crippen molar-refractivity contribution >= 4 is 25.7 Å². The number of carbonyl (C=O) groups is 3. The highest BCUT2D eigenvalue weighted by molar-refractivity contribution is 7.47. The van der Waals surface area contributed by atoms with E-state index in [1.54, 1.807) is 0 Å². The molecule has 0 aliphatic rings. The number of ether oxygens (including phenoxy) is 3. The third-order valence-electron chi connectivity index (χ3n) is 12.5. The largest absolute Gasteiger partial charge is 0.472 e. The lowest BCUT2D eigenvalue weighted by atomic mass is 10.0. The number of rotatable bonds is 55. The predicted octanol–water partition coefficient (Wildman–Crippen LogP) is 18.0. The topological polar surface area (TPSA) is 155 Å². The van der Waals surface area contributed by atoms with E-state index in [0.29, 0.717) is 19.3 Å². The lowest BCUT2D eigenvalue weighted by Gasteiger charge is -2.21. The van der Waals surface area contributed by atoms with E-state index in [-0.39, 0.29) is 25.9 Å². The normalized spacial score (nSPS) is 14.0. The van der Waals surface area contributed by atoms with Gasteiger partial charge < -0.3 is 24.2 Å². The maximum atomic E-state index is 12.9. The Bertz CT molecular complexity index is 1640. The van der Waals surface area contributed by atoms with E-state index in [9.17, 15) is 28.9 Å². The van der Waals surface area contributed by atoms with Crippen LogP contribution in [-0.4, -0.2) is 66.5 Å². The maximum absolute atomic E-state index is 12.9. The first-order chi connectivity index (χ1) is 37.2. The molecule has 2 N–H and O–H groups in total. The van der Waals surface area contributed by atoms with Gasteiger partial charge in [-0.1, -0.05) is 246 Å². The number of unbranched alkanes of at least 4 members (excludes halogenated alkanes) is 22. The SMILES string of the molecule is CC/C=C\C/C=C\C/C=C\C/C=C\CCCCCCC(=O)OC(CO)COP(=O)(O)OCC(COC(=O)CC/C=C\C/C=C\C/C=C\C/C=C\CC)OC(=O)CCCCCCCCCCCCCCCCCCCCC. The molecule has 0 aromatic carbocycles. The van der Waals surface area contributed by atoms with Crippen molar-refractivity contribution in [3.63, 3.8) is 0 Å². The molecule has 0 aromatic heterocycles. The van der Waals surface area contributed by atoms with E-state index < -0.39 is 57.8 Å². The van der Waals surface area contributed by atoms with Gasteiger partial charge in [0.1, 0.15) is 12.7 Å². The molecule has 0 fully saturated rings. The molecule has 3 atom stereocenters. The van der Waals surface area contributed by atoms with Gasteiger partial charge in [0.2, 0.25) is 0 Å². The van der Waals surface area contributed by atoms with Crippen LogP contribution in [0.25, 0.3) is 0 Å². The zero-order valence-corrected chi connectivity index (χ0v) is 49.1. The first-order valence-electron chi connectivity index (χ1n) is 30.1. The summed E-state index contributed by atoms with van der Waals surface area (Å²) in [5, 5.41) is 9.83. The molecule has 0 radical (unpaired) electrons. The average molecular weight is 1090 g/mol. The lowest BCUT2D eigenvalue weighted by Crippen LogP contribution is -2.30. The van der Waals surface area contributed by atoms with Gasteiger partial charge in [0.25, 0.3) is 0 Å². The Morgan fingerprint density at radius 1 is 0.382 bits per heavy atom. The second kappa shape index (κ2) is 57.6. The molecule has 436 valence electrons. The minimum absolute atomic E-state index is 0.102. The van der Waals surface area contributed by atoms with Gasteiger partial charge in [0.15, 0.2) is 6.10 Å². The smallest absolute Gasteiger partial charge is 0.462 e. The molecule has 12 heteroatoms. The van der Waals surface area contributed by atoms with E-state index in [1.165, 1.54) is 96.3 Å². The molecule has 0 rings (SSSR count). The molecule has 0 saturated carbocycles. The second-order valence-electron chi connectivity index (χ2n) is 19.8. The fourth-order valence-electron chi connectivity index (χ4n) is 8.01. The van der Waals surface area contributed by atoms with Gasteiger partial charge in [-0.25, -0.2) is 4.57 Å². The summed E-state index contributed by atoms with van der Waals surface area (Å²) in [5.74, 6) is -1.58. The monoisotopic (exact) mass is 1080 g/mol. The molecule has 0 aliphatic heterocycles. The van der Waals surface area contributed by atoms with Gasteiger partial charge in [-0.05, 0) is 83.5 Å². The standard InChI is InChI=1S/C64H109O11P/c1-4-7-10-13-16-19-22-25-27-29-30-32-34-37-40-43-46-49-52-55-64(68)75-61(57-71-62(66)53-50-47-44-41-38-35-24-21-18-15-12-9-6-3)59-73-76(69,70)72-58-60(56-65)74-63(67)54-51-48-45-42-39-36-33-31-28-26-23-20-17-14-11-8-5-2/h8-9,11-12,17-18,20-21,26,28,33,35-36,38,44,47,60-61,65H,4-7,10,13-16,19,22-25,27,29-32,34,37,39-43,45-46,48-59H2,1-3H3,(H,69,70)/b11-8-,12-9-,20-17-,21-18-,28-26-,36-33-,38-35-,47-44-. The minimum atomic E-state index is -4.77. The summed E-state index contributed by atoms with van der Waals surface area (Å²) in [7, 11) is -4.77. The Morgan fingerprint density at radius 2 is 0.711 bits per heavy atom. The summed E-state index contributed by atoms with van der Waals surface area (Å²) >= 11 is 0. The molecule has 11 nitrogen and oxygen atoms in total. The van der Waals surface area contributed by atoms with E-state index in [0.717, 1.165) is 96.3 Å². The van der Waals surface area contributed by atoms with Crippen LogP contribution in [0.5, 0.6) is 0 Å². The van der Waals surface area contributed by atoms with Crippen molar-refractivity contribution in [1.29, 1.82) is 0 Å². The molecule has 0 heterocycles. The molecule has 0 aliphatic carbocycles. The van der Waals surface area contributed by atoms with Crippen molar-refractivity contribution in [3.8, 4) is 0 Å². The molecule has 76 heavy (non-hydrogen) atoms. The lowest BCUT2D eigenvalue weighted by molar-refractivity contribution is -0.161. The fraction of sp³-hybridized carbons (Fsp3) is 0.703. The van der Waals surface area contributed by atoms with E-state index in [4.69, 9.17) is 23.3 Å². The van der Waals surface area contributed by atoms with E-state index >= 15 is 0 Å². The van der Waals surface area contributed by atoms with Crippen LogP contribution in [0.2, 0.25) is 0 Å². The van der Waals surface area contributed by atoms with Gasteiger partial charge in [0, 0.05) is 19.3 Å². The van der Waals surface area contributed by atoms with Crippen LogP contribution in [-0.2, 0) is 42.2 Å². The van der Waals surface area contributed by atoms with Crippen molar-refractivity contribution in [2.75, 3.05) is 26.4 Å². The number of phosphoric acid groups is 1. The zero-order chi connectivity index (χ0) is 55.5. The number of phosphoric ester groups is 1. The Labute approximate surface area is 463 Å². The van der Waals surface area contributed by atoms with Crippen LogP contribution >= 0.6 is 7.82 Å². The zero-order valence-electron chi connectivity index (χ0n) is 48.2. The minimum Gasteiger partial charge on any atom is -0.462 e. The van der Waals surface area contributed by atoms with Crippen LogP contribution in [0.4, 0.5) is 0 Å². The van der Waals surface area contributed by atoms with Crippen LogP contribution in [0.15, 0.2) is 97.2 Å². The Hall–Kier alpha value is -3.60. The summed E-state index contributed by atoms with van der Waals surface area (Å²) in [5.41, 5.74) is 0.